The third-order valence-corrected chi connectivity index (χ3v) is 6.75. The molecule has 0 spiro atoms. The number of imidazole rings is 1. The maximum Gasteiger partial charge on any atom is 0.416 e. The number of halogens is 3. The molecule has 8 nitrogen and oxygen atoms in total. The van der Waals surface area contributed by atoms with E-state index in [1.165, 1.54) is 12.3 Å². The summed E-state index contributed by atoms with van der Waals surface area (Å²) in [5.74, 6) is 0.542. The van der Waals surface area contributed by atoms with Crippen LogP contribution in [0.25, 0.3) is 22.6 Å². The Morgan fingerprint density at radius 2 is 1.87 bits per heavy atom. The minimum absolute atomic E-state index is 0.0222. The molecular formula is C28H27F3N6O2. The van der Waals surface area contributed by atoms with Gasteiger partial charge in [-0.3, -0.25) is 4.90 Å². The molecule has 2 aromatic heterocycles. The Morgan fingerprint density at radius 3 is 2.62 bits per heavy atom. The summed E-state index contributed by atoms with van der Waals surface area (Å²) in [6.07, 6.45) is -1.23. The lowest BCUT2D eigenvalue weighted by Gasteiger charge is -2.34. The van der Waals surface area contributed by atoms with E-state index >= 15 is 0 Å². The third kappa shape index (κ3) is 5.57. The number of nitrogens with two attached hydrogens (primary N) is 1. The van der Waals surface area contributed by atoms with Gasteiger partial charge in [0, 0.05) is 25.4 Å². The highest BCUT2D eigenvalue weighted by molar-refractivity contribution is 5.78. The van der Waals surface area contributed by atoms with Crippen molar-refractivity contribution in [2.45, 2.75) is 38.1 Å². The van der Waals surface area contributed by atoms with Gasteiger partial charge in [0.2, 0.25) is 5.95 Å². The summed E-state index contributed by atoms with van der Waals surface area (Å²) in [5, 5.41) is 0. The number of likely N-dealkylation sites (tertiary alicyclic amines) is 1. The Bertz CT molecular complexity index is 1470. The summed E-state index contributed by atoms with van der Waals surface area (Å²) in [7, 11) is 1.76. The van der Waals surface area contributed by atoms with Crippen LogP contribution in [0.2, 0.25) is 0 Å². The number of nitrogen functional groups attached to an aromatic ring is 1. The number of hydrogen-bond acceptors (Lipinski definition) is 6. The van der Waals surface area contributed by atoms with Crippen LogP contribution >= 0.6 is 0 Å². The molecule has 1 saturated heterocycles. The Kier molecular flexibility index (Phi) is 7.23. The second-order valence-electron chi connectivity index (χ2n) is 9.35. The minimum Gasteiger partial charge on any atom is -0.445 e. The molecule has 1 atom stereocenters. The lowest BCUT2D eigenvalue weighted by Crippen LogP contribution is -2.39. The van der Waals surface area contributed by atoms with Crippen LogP contribution < -0.4 is 5.73 Å². The number of rotatable bonds is 5. The molecule has 0 saturated carbocycles. The Balaban J connectivity index is 1.56. The van der Waals surface area contributed by atoms with Crippen LogP contribution in [-0.4, -0.2) is 37.1 Å². The van der Waals surface area contributed by atoms with Gasteiger partial charge in [-0.1, -0.05) is 42.5 Å². The van der Waals surface area contributed by atoms with Crippen molar-refractivity contribution in [3.63, 3.8) is 0 Å². The Morgan fingerprint density at radius 1 is 1.08 bits per heavy atom. The second kappa shape index (κ2) is 10.8. The minimum atomic E-state index is -4.52. The van der Waals surface area contributed by atoms with E-state index in [2.05, 4.69) is 9.97 Å². The van der Waals surface area contributed by atoms with Crippen LogP contribution in [0.1, 0.15) is 42.3 Å². The molecule has 11 heteroatoms. The predicted octanol–water partition coefficient (Wildman–Crippen LogP) is 6.01. The SMILES string of the molecule is Cn1c(C2CCCCN2C(=O)OCc2ccccc2)nc(-c2cccc(C(F)(F)F)c2)c1-c1ccnc(N)n1. The molecular weight excluding hydrogens is 509 g/mol. The smallest absolute Gasteiger partial charge is 0.416 e. The monoisotopic (exact) mass is 536 g/mol. The summed E-state index contributed by atoms with van der Waals surface area (Å²) in [6, 6.07) is 15.6. The van der Waals surface area contributed by atoms with Crippen molar-refractivity contribution in [3.8, 4) is 22.6 Å². The van der Waals surface area contributed by atoms with Crippen LogP contribution in [0.5, 0.6) is 0 Å². The van der Waals surface area contributed by atoms with E-state index in [9.17, 15) is 18.0 Å². The summed E-state index contributed by atoms with van der Waals surface area (Å²) < 4.78 is 48.0. The van der Waals surface area contributed by atoms with E-state index in [4.69, 9.17) is 15.5 Å². The molecule has 1 aliphatic heterocycles. The number of amides is 1. The van der Waals surface area contributed by atoms with E-state index in [1.54, 1.807) is 28.6 Å². The number of anilines is 1. The largest absolute Gasteiger partial charge is 0.445 e. The first-order valence-electron chi connectivity index (χ1n) is 12.5. The van der Waals surface area contributed by atoms with Gasteiger partial charge in [0.15, 0.2) is 0 Å². The van der Waals surface area contributed by atoms with Crippen molar-refractivity contribution >= 4 is 12.0 Å². The molecule has 1 unspecified atom stereocenters. The summed E-state index contributed by atoms with van der Waals surface area (Å²) in [6.45, 7) is 0.601. The number of hydrogen-bond donors (Lipinski definition) is 1. The zero-order valence-electron chi connectivity index (χ0n) is 21.2. The average molecular weight is 537 g/mol. The van der Waals surface area contributed by atoms with E-state index in [0.717, 1.165) is 30.5 Å². The van der Waals surface area contributed by atoms with Crippen LogP contribution in [0.15, 0.2) is 66.9 Å². The molecule has 3 heterocycles. The lowest BCUT2D eigenvalue weighted by molar-refractivity contribution is -0.137. The maximum absolute atomic E-state index is 13.5. The van der Waals surface area contributed by atoms with Crippen LogP contribution in [0, 0.1) is 0 Å². The highest BCUT2D eigenvalue weighted by atomic mass is 19.4. The van der Waals surface area contributed by atoms with Gasteiger partial charge < -0.3 is 15.0 Å². The quantitative estimate of drug-likeness (QED) is 0.336. The summed E-state index contributed by atoms with van der Waals surface area (Å²) >= 11 is 0. The maximum atomic E-state index is 13.5. The highest BCUT2D eigenvalue weighted by Crippen LogP contribution is 2.39. The molecule has 39 heavy (non-hydrogen) atoms. The molecule has 1 aliphatic rings. The number of nitrogens with zero attached hydrogens (tertiary/aromatic N) is 5. The fourth-order valence-corrected chi connectivity index (χ4v) is 4.88. The van der Waals surface area contributed by atoms with Crippen molar-refractivity contribution in [2.24, 2.45) is 7.05 Å². The van der Waals surface area contributed by atoms with Gasteiger partial charge in [0.05, 0.1) is 28.7 Å². The standard InChI is InChI=1S/C28H27F3N6O2/c1-36-24(21-13-14-33-26(32)34-21)23(19-10-7-11-20(16-19)28(29,30)31)35-25(36)22-12-5-6-15-37(22)27(38)39-17-18-8-3-2-4-9-18/h2-4,7-11,13-14,16,22H,5-6,12,15,17H2,1H3,(H2,32,33,34). The summed E-state index contributed by atoms with van der Waals surface area (Å²) in [4.78, 5) is 27.9. The van der Waals surface area contributed by atoms with Gasteiger partial charge >= 0.3 is 12.3 Å². The van der Waals surface area contributed by atoms with Gasteiger partial charge in [-0.05, 0) is 43.0 Å². The van der Waals surface area contributed by atoms with E-state index in [-0.39, 0.29) is 18.1 Å². The number of piperidine rings is 1. The molecule has 1 amide bonds. The first-order chi connectivity index (χ1) is 18.7. The second-order valence-corrected chi connectivity index (χ2v) is 9.35. The van der Waals surface area contributed by atoms with Gasteiger partial charge in [-0.2, -0.15) is 13.2 Å². The van der Waals surface area contributed by atoms with Crippen LogP contribution in [-0.2, 0) is 24.6 Å². The molecule has 202 valence electrons. The predicted molar refractivity (Wildman–Crippen MR) is 139 cm³/mol. The van der Waals surface area contributed by atoms with Gasteiger partial charge in [0.1, 0.15) is 12.4 Å². The van der Waals surface area contributed by atoms with Crippen molar-refractivity contribution < 1.29 is 22.7 Å². The lowest BCUT2D eigenvalue weighted by atomic mass is 10.0. The summed E-state index contributed by atoms with van der Waals surface area (Å²) in [5.41, 5.74) is 7.38. The van der Waals surface area contributed by atoms with Crippen molar-refractivity contribution in [1.29, 1.82) is 0 Å². The molecule has 1 fully saturated rings. The fourth-order valence-electron chi connectivity index (χ4n) is 4.88. The molecule has 5 rings (SSSR count). The van der Waals surface area contributed by atoms with Crippen molar-refractivity contribution in [2.75, 3.05) is 12.3 Å². The Hall–Kier alpha value is -4.41. The normalized spacial score (nSPS) is 15.8. The van der Waals surface area contributed by atoms with Gasteiger partial charge in [-0.25, -0.2) is 19.7 Å². The zero-order chi connectivity index (χ0) is 27.6. The fraction of sp³-hybridized carbons (Fsp3) is 0.286. The number of alkyl halides is 3. The van der Waals surface area contributed by atoms with Gasteiger partial charge in [0.25, 0.3) is 0 Å². The van der Waals surface area contributed by atoms with Crippen LogP contribution in [0.3, 0.4) is 0 Å². The van der Waals surface area contributed by atoms with Gasteiger partial charge in [-0.15, -0.1) is 0 Å². The van der Waals surface area contributed by atoms with E-state index < -0.39 is 23.9 Å². The Labute approximate surface area is 223 Å². The average Bonchev–Trinajstić information content (AvgIpc) is 3.28. The number of ether oxygens (including phenoxy) is 1. The molecule has 2 N–H and O–H groups in total. The molecule has 0 radical (unpaired) electrons. The molecule has 0 bridgehead atoms. The third-order valence-electron chi connectivity index (χ3n) is 6.75. The molecule has 2 aromatic carbocycles. The highest BCUT2D eigenvalue weighted by Gasteiger charge is 2.35. The number of benzene rings is 2. The van der Waals surface area contributed by atoms with Crippen LogP contribution in [0.4, 0.5) is 23.9 Å². The molecule has 4 aromatic rings. The van der Waals surface area contributed by atoms with Crippen molar-refractivity contribution in [3.05, 3.63) is 83.8 Å². The first kappa shape index (κ1) is 26.2. The number of aromatic nitrogens is 4. The van der Waals surface area contributed by atoms with E-state index in [0.29, 0.717) is 35.9 Å². The number of carbonyl (C=O) groups excluding carboxylic acids is 1. The van der Waals surface area contributed by atoms with E-state index in [1.807, 2.05) is 30.3 Å². The number of carbonyl (C=O) groups is 1. The first-order valence-corrected chi connectivity index (χ1v) is 12.5. The molecule has 0 aliphatic carbocycles. The van der Waals surface area contributed by atoms with Crippen molar-refractivity contribution in [1.82, 2.24) is 24.4 Å². The topological polar surface area (TPSA) is 99.2 Å². The zero-order valence-corrected chi connectivity index (χ0v) is 21.2.